The van der Waals surface area contributed by atoms with E-state index in [0.717, 1.165) is 26.2 Å². The molecule has 1 aliphatic rings. The first-order valence-electron chi connectivity index (χ1n) is 7.41. The van der Waals surface area contributed by atoms with Crippen molar-refractivity contribution in [3.8, 4) is 0 Å². The van der Waals surface area contributed by atoms with E-state index in [1.54, 1.807) is 0 Å². The van der Waals surface area contributed by atoms with Gasteiger partial charge in [0.15, 0.2) is 0 Å². The lowest BCUT2D eigenvalue weighted by Gasteiger charge is -2.36. The van der Waals surface area contributed by atoms with Crippen molar-refractivity contribution in [2.75, 3.05) is 37.6 Å². The molecule has 0 bridgehead atoms. The zero-order valence-corrected chi connectivity index (χ0v) is 12.0. The molecule has 0 aliphatic carbocycles. The molecule has 1 fully saturated rings. The van der Waals surface area contributed by atoms with Gasteiger partial charge in [-0.1, -0.05) is 36.4 Å². The van der Waals surface area contributed by atoms with Crippen LogP contribution in [0.5, 0.6) is 0 Å². The lowest BCUT2D eigenvalue weighted by Crippen LogP contribution is -2.47. The van der Waals surface area contributed by atoms with Crippen LogP contribution in [0, 0.1) is 0 Å². The number of hydrogen-bond donors (Lipinski definition) is 1. The third-order valence-electron chi connectivity index (χ3n) is 4.12. The highest BCUT2D eigenvalue weighted by molar-refractivity contribution is 5.94. The lowest BCUT2D eigenvalue weighted by molar-refractivity contribution is -0.137. The molecular weight excluding hydrogens is 264 g/mol. The average molecular weight is 284 g/mol. The van der Waals surface area contributed by atoms with Gasteiger partial charge < -0.3 is 10.0 Å². The Kier molecular flexibility index (Phi) is 4.06. The third kappa shape index (κ3) is 3.16. The van der Waals surface area contributed by atoms with Crippen molar-refractivity contribution >= 4 is 22.4 Å². The summed E-state index contributed by atoms with van der Waals surface area (Å²) < 4.78 is 0. The molecule has 4 nitrogen and oxygen atoms in total. The Balaban J connectivity index is 1.70. The molecule has 2 aromatic carbocycles. The van der Waals surface area contributed by atoms with E-state index in [-0.39, 0.29) is 6.42 Å². The molecule has 1 aliphatic heterocycles. The van der Waals surface area contributed by atoms with Crippen molar-refractivity contribution < 1.29 is 9.90 Å². The van der Waals surface area contributed by atoms with Crippen LogP contribution in [0.2, 0.25) is 0 Å². The predicted octanol–water partition coefficient (Wildman–Crippen LogP) is 2.44. The largest absolute Gasteiger partial charge is 0.481 e. The summed E-state index contributed by atoms with van der Waals surface area (Å²) in [7, 11) is 0. The summed E-state index contributed by atoms with van der Waals surface area (Å²) in [5.74, 6) is -0.716. The van der Waals surface area contributed by atoms with Gasteiger partial charge in [0.25, 0.3) is 0 Å². The second-order valence-electron chi connectivity index (χ2n) is 5.47. The van der Waals surface area contributed by atoms with Crippen molar-refractivity contribution in [1.29, 1.82) is 0 Å². The lowest BCUT2D eigenvalue weighted by atomic mass is 10.1. The summed E-state index contributed by atoms with van der Waals surface area (Å²) in [4.78, 5) is 15.3. The fraction of sp³-hybridized carbons (Fsp3) is 0.353. The number of anilines is 1. The predicted molar refractivity (Wildman–Crippen MR) is 84.9 cm³/mol. The first-order chi connectivity index (χ1) is 10.2. The van der Waals surface area contributed by atoms with Crippen molar-refractivity contribution in [1.82, 2.24) is 4.90 Å². The molecule has 2 aromatic rings. The first kappa shape index (κ1) is 13.9. The number of carbonyl (C=O) groups is 1. The van der Waals surface area contributed by atoms with E-state index in [1.807, 2.05) is 0 Å². The molecule has 110 valence electrons. The van der Waals surface area contributed by atoms with Gasteiger partial charge >= 0.3 is 5.97 Å². The Morgan fingerprint density at radius 1 is 1.00 bits per heavy atom. The summed E-state index contributed by atoms with van der Waals surface area (Å²) in [6, 6.07) is 14.9. The molecule has 0 unspecified atom stereocenters. The number of carboxylic acid groups (broad SMARTS) is 1. The number of piperazine rings is 1. The van der Waals surface area contributed by atoms with E-state index < -0.39 is 5.97 Å². The van der Waals surface area contributed by atoms with Crippen LogP contribution in [0.25, 0.3) is 10.8 Å². The Morgan fingerprint density at radius 2 is 1.71 bits per heavy atom. The summed E-state index contributed by atoms with van der Waals surface area (Å²) >= 11 is 0. The summed E-state index contributed by atoms with van der Waals surface area (Å²) in [5.41, 5.74) is 1.28. The highest BCUT2D eigenvalue weighted by Crippen LogP contribution is 2.27. The van der Waals surface area contributed by atoms with Crippen LogP contribution in [0.1, 0.15) is 6.42 Å². The molecule has 0 atom stereocenters. The second kappa shape index (κ2) is 6.14. The number of fused-ring (bicyclic) bond motifs is 1. The van der Waals surface area contributed by atoms with E-state index in [4.69, 9.17) is 5.11 Å². The molecule has 1 N–H and O–H groups in total. The maximum Gasteiger partial charge on any atom is 0.304 e. The Bertz CT molecular complexity index is 628. The summed E-state index contributed by atoms with van der Waals surface area (Å²) in [6.45, 7) is 4.41. The minimum Gasteiger partial charge on any atom is -0.481 e. The highest BCUT2D eigenvalue weighted by Gasteiger charge is 2.18. The van der Waals surface area contributed by atoms with Gasteiger partial charge in [-0.05, 0) is 11.5 Å². The first-order valence-corrected chi connectivity index (χ1v) is 7.41. The maximum absolute atomic E-state index is 10.6. The Hall–Kier alpha value is -2.07. The average Bonchev–Trinajstić information content (AvgIpc) is 2.53. The van der Waals surface area contributed by atoms with Crippen molar-refractivity contribution in [3.63, 3.8) is 0 Å². The Labute approximate surface area is 124 Å². The van der Waals surface area contributed by atoms with Crippen molar-refractivity contribution in [2.45, 2.75) is 6.42 Å². The van der Waals surface area contributed by atoms with Crippen LogP contribution >= 0.6 is 0 Å². The van der Waals surface area contributed by atoms with Gasteiger partial charge in [-0.15, -0.1) is 0 Å². The number of carboxylic acids is 1. The fourth-order valence-electron chi connectivity index (χ4n) is 2.95. The van der Waals surface area contributed by atoms with E-state index >= 15 is 0 Å². The van der Waals surface area contributed by atoms with Gasteiger partial charge in [0, 0.05) is 43.8 Å². The van der Waals surface area contributed by atoms with Crippen LogP contribution in [-0.4, -0.2) is 48.7 Å². The monoisotopic (exact) mass is 284 g/mol. The van der Waals surface area contributed by atoms with Gasteiger partial charge in [0.2, 0.25) is 0 Å². The fourth-order valence-corrected chi connectivity index (χ4v) is 2.95. The molecule has 0 spiro atoms. The van der Waals surface area contributed by atoms with E-state index in [0.29, 0.717) is 6.54 Å². The smallest absolute Gasteiger partial charge is 0.304 e. The van der Waals surface area contributed by atoms with Crippen LogP contribution in [0.4, 0.5) is 5.69 Å². The highest BCUT2D eigenvalue weighted by atomic mass is 16.4. The molecule has 3 rings (SSSR count). The minimum absolute atomic E-state index is 0.230. The SMILES string of the molecule is O=C(O)CCN1CCN(c2cccc3ccccc23)CC1. The molecule has 0 saturated carbocycles. The van der Waals surface area contributed by atoms with Gasteiger partial charge in [-0.25, -0.2) is 0 Å². The maximum atomic E-state index is 10.6. The normalized spacial score (nSPS) is 16.3. The number of hydrogen-bond acceptors (Lipinski definition) is 3. The van der Waals surface area contributed by atoms with Gasteiger partial charge in [-0.3, -0.25) is 9.69 Å². The molecule has 0 radical (unpaired) electrons. The van der Waals surface area contributed by atoms with Crippen LogP contribution < -0.4 is 4.90 Å². The molecule has 21 heavy (non-hydrogen) atoms. The van der Waals surface area contributed by atoms with Gasteiger partial charge in [0.05, 0.1) is 6.42 Å². The topological polar surface area (TPSA) is 43.8 Å². The quantitative estimate of drug-likeness (QED) is 0.936. The molecule has 0 amide bonds. The second-order valence-corrected chi connectivity index (χ2v) is 5.47. The molecule has 0 aromatic heterocycles. The molecule has 1 saturated heterocycles. The van der Waals surface area contributed by atoms with E-state index in [1.165, 1.54) is 16.5 Å². The summed E-state index contributed by atoms with van der Waals surface area (Å²) in [6.07, 6.45) is 0.230. The Morgan fingerprint density at radius 3 is 2.48 bits per heavy atom. The third-order valence-corrected chi connectivity index (χ3v) is 4.12. The molecular formula is C17H20N2O2. The minimum atomic E-state index is -0.716. The molecule has 4 heteroatoms. The van der Waals surface area contributed by atoms with Crippen LogP contribution in [0.15, 0.2) is 42.5 Å². The van der Waals surface area contributed by atoms with Gasteiger partial charge in [-0.2, -0.15) is 0 Å². The summed E-state index contributed by atoms with van der Waals surface area (Å²) in [5, 5.41) is 11.3. The zero-order valence-electron chi connectivity index (χ0n) is 12.0. The van der Waals surface area contributed by atoms with E-state index in [9.17, 15) is 4.79 Å². The molecule has 1 heterocycles. The standard InChI is InChI=1S/C17H20N2O2/c20-17(21)8-9-18-10-12-19(13-11-18)16-7-3-5-14-4-1-2-6-15(14)16/h1-7H,8-13H2,(H,20,21). The number of benzene rings is 2. The number of aliphatic carboxylic acids is 1. The number of nitrogens with zero attached hydrogens (tertiary/aromatic N) is 2. The van der Waals surface area contributed by atoms with Crippen LogP contribution in [0.3, 0.4) is 0 Å². The van der Waals surface area contributed by atoms with Crippen molar-refractivity contribution in [3.05, 3.63) is 42.5 Å². The van der Waals surface area contributed by atoms with Crippen LogP contribution in [-0.2, 0) is 4.79 Å². The van der Waals surface area contributed by atoms with Crippen molar-refractivity contribution in [2.24, 2.45) is 0 Å². The van der Waals surface area contributed by atoms with Gasteiger partial charge in [0.1, 0.15) is 0 Å². The van der Waals surface area contributed by atoms with E-state index in [2.05, 4.69) is 52.3 Å². The zero-order chi connectivity index (χ0) is 14.7. The number of rotatable bonds is 4.